The van der Waals surface area contributed by atoms with Crippen molar-refractivity contribution in [3.05, 3.63) is 18.0 Å². The minimum atomic E-state index is -0.157. The van der Waals surface area contributed by atoms with Gasteiger partial charge >= 0.3 is 0 Å². The van der Waals surface area contributed by atoms with Crippen LogP contribution in [0.1, 0.15) is 23.3 Å². The number of aromatic nitrogens is 1. The van der Waals surface area contributed by atoms with Crippen LogP contribution in [-0.2, 0) is 0 Å². The van der Waals surface area contributed by atoms with Crippen molar-refractivity contribution in [2.75, 3.05) is 13.2 Å². The van der Waals surface area contributed by atoms with Crippen molar-refractivity contribution < 1.29 is 14.4 Å². The van der Waals surface area contributed by atoms with Crippen LogP contribution in [0.15, 0.2) is 16.9 Å². The highest BCUT2D eigenvalue weighted by Crippen LogP contribution is 2.18. The Balaban J connectivity index is 2.11. The first kappa shape index (κ1) is 9.21. The Hall–Kier alpha value is -1.36. The fraction of sp³-hybridized carbons (Fsp3) is 0.556. The number of carbonyl (C=O) groups is 1. The second-order valence-electron chi connectivity index (χ2n) is 3.36. The van der Waals surface area contributed by atoms with Gasteiger partial charge in [0.25, 0.3) is 5.91 Å². The van der Waals surface area contributed by atoms with Crippen LogP contribution in [0.3, 0.4) is 0 Å². The molecule has 0 spiro atoms. The van der Waals surface area contributed by atoms with Gasteiger partial charge in [-0.25, -0.2) is 0 Å². The molecule has 0 bridgehead atoms. The van der Waals surface area contributed by atoms with Crippen LogP contribution in [0.25, 0.3) is 0 Å². The molecule has 0 radical (unpaired) electrons. The van der Waals surface area contributed by atoms with Gasteiger partial charge in [-0.3, -0.25) is 4.79 Å². The van der Waals surface area contributed by atoms with E-state index in [1.807, 2.05) is 0 Å². The lowest BCUT2D eigenvalue weighted by molar-refractivity contribution is 0.0667. The number of aliphatic hydroxyl groups excluding tert-OH is 1. The minimum Gasteiger partial charge on any atom is -0.394 e. The fourth-order valence-corrected chi connectivity index (χ4v) is 1.76. The number of nitrogens with zero attached hydrogens (tertiary/aromatic N) is 2. The van der Waals surface area contributed by atoms with Crippen molar-refractivity contribution in [2.24, 2.45) is 0 Å². The third-order valence-electron chi connectivity index (χ3n) is 2.51. The summed E-state index contributed by atoms with van der Waals surface area (Å²) in [5.74, 6) is -0.157. The van der Waals surface area contributed by atoms with E-state index in [4.69, 9.17) is 5.11 Å². The molecule has 0 aliphatic carbocycles. The van der Waals surface area contributed by atoms with Gasteiger partial charge in [-0.15, -0.1) is 0 Å². The molecule has 1 aliphatic heterocycles. The topological polar surface area (TPSA) is 66.6 Å². The summed E-state index contributed by atoms with van der Waals surface area (Å²) in [6.07, 6.45) is 3.17. The van der Waals surface area contributed by atoms with Crippen LogP contribution in [0.2, 0.25) is 0 Å². The highest BCUT2D eigenvalue weighted by molar-refractivity contribution is 5.92. The summed E-state index contributed by atoms with van der Waals surface area (Å²) in [4.78, 5) is 13.4. The normalized spacial score (nSPS) is 21.5. The van der Waals surface area contributed by atoms with Crippen LogP contribution in [0.5, 0.6) is 0 Å². The SMILES string of the molecule is O=C(c1ccon1)N1CCC[C@H]1CO. The Morgan fingerprint density at radius 3 is 3.29 bits per heavy atom. The first-order chi connectivity index (χ1) is 6.83. The van der Waals surface area contributed by atoms with Crippen LogP contribution in [0.4, 0.5) is 0 Å². The Kier molecular flexibility index (Phi) is 2.49. The highest BCUT2D eigenvalue weighted by Gasteiger charge is 2.29. The van der Waals surface area contributed by atoms with Gasteiger partial charge in [0.1, 0.15) is 6.26 Å². The Morgan fingerprint density at radius 1 is 1.79 bits per heavy atom. The number of aliphatic hydroxyl groups is 1. The molecule has 1 N–H and O–H groups in total. The van der Waals surface area contributed by atoms with Crippen molar-refractivity contribution >= 4 is 5.91 Å². The lowest BCUT2D eigenvalue weighted by Gasteiger charge is -2.21. The average Bonchev–Trinajstić information content (AvgIpc) is 2.87. The van der Waals surface area contributed by atoms with E-state index in [2.05, 4.69) is 9.68 Å². The number of rotatable bonds is 2. The predicted molar refractivity (Wildman–Crippen MR) is 47.6 cm³/mol. The van der Waals surface area contributed by atoms with Crippen molar-refractivity contribution in [3.8, 4) is 0 Å². The zero-order chi connectivity index (χ0) is 9.97. The lowest BCUT2D eigenvalue weighted by Crippen LogP contribution is -2.37. The van der Waals surface area contributed by atoms with E-state index in [1.165, 1.54) is 12.3 Å². The molecule has 1 aromatic rings. The molecule has 2 heterocycles. The molecule has 1 aromatic heterocycles. The van der Waals surface area contributed by atoms with Crippen LogP contribution < -0.4 is 0 Å². The molecule has 1 atom stereocenters. The fourth-order valence-electron chi connectivity index (χ4n) is 1.76. The molecule has 5 heteroatoms. The van der Waals surface area contributed by atoms with Gasteiger partial charge < -0.3 is 14.5 Å². The summed E-state index contributed by atoms with van der Waals surface area (Å²) < 4.78 is 4.60. The summed E-state index contributed by atoms with van der Waals surface area (Å²) in [5.41, 5.74) is 0.311. The van der Waals surface area contributed by atoms with E-state index in [9.17, 15) is 4.79 Å². The second kappa shape index (κ2) is 3.79. The predicted octanol–water partition coefficient (Wildman–Crippen LogP) is 0.272. The largest absolute Gasteiger partial charge is 0.394 e. The molecule has 1 amide bonds. The molecular weight excluding hydrogens is 184 g/mol. The van der Waals surface area contributed by atoms with E-state index in [1.54, 1.807) is 4.90 Å². The van der Waals surface area contributed by atoms with E-state index in [0.29, 0.717) is 12.2 Å². The van der Waals surface area contributed by atoms with Gasteiger partial charge in [0.15, 0.2) is 5.69 Å². The van der Waals surface area contributed by atoms with Crippen molar-refractivity contribution in [1.29, 1.82) is 0 Å². The first-order valence-corrected chi connectivity index (χ1v) is 4.65. The van der Waals surface area contributed by atoms with Gasteiger partial charge in [-0.1, -0.05) is 5.16 Å². The van der Waals surface area contributed by atoms with E-state index in [-0.39, 0.29) is 18.6 Å². The number of likely N-dealkylation sites (tertiary alicyclic amines) is 1. The molecule has 5 nitrogen and oxygen atoms in total. The molecule has 1 saturated heterocycles. The molecular formula is C9H12N2O3. The van der Waals surface area contributed by atoms with Crippen molar-refractivity contribution in [2.45, 2.75) is 18.9 Å². The third kappa shape index (κ3) is 1.50. The van der Waals surface area contributed by atoms with E-state index < -0.39 is 0 Å². The standard InChI is InChI=1S/C9H12N2O3/c12-6-7-2-1-4-11(7)9(13)8-3-5-14-10-8/h3,5,7,12H,1-2,4,6H2/t7-/m0/s1. The zero-order valence-corrected chi connectivity index (χ0v) is 7.72. The molecule has 2 rings (SSSR count). The average molecular weight is 196 g/mol. The summed E-state index contributed by atoms with van der Waals surface area (Å²) in [6.45, 7) is 0.709. The summed E-state index contributed by atoms with van der Waals surface area (Å²) in [7, 11) is 0. The van der Waals surface area contributed by atoms with Crippen LogP contribution >= 0.6 is 0 Å². The third-order valence-corrected chi connectivity index (χ3v) is 2.51. The number of hydrogen-bond donors (Lipinski definition) is 1. The van der Waals surface area contributed by atoms with Gasteiger partial charge in [0.05, 0.1) is 12.6 Å². The maximum Gasteiger partial charge on any atom is 0.276 e. The Morgan fingerprint density at radius 2 is 2.64 bits per heavy atom. The van der Waals surface area contributed by atoms with Gasteiger partial charge in [0, 0.05) is 12.6 Å². The highest BCUT2D eigenvalue weighted by atomic mass is 16.5. The van der Waals surface area contributed by atoms with E-state index >= 15 is 0 Å². The van der Waals surface area contributed by atoms with Gasteiger partial charge in [-0.05, 0) is 12.8 Å². The molecule has 1 aliphatic rings. The summed E-state index contributed by atoms with van der Waals surface area (Å²) in [6, 6.07) is 1.48. The smallest absolute Gasteiger partial charge is 0.276 e. The maximum absolute atomic E-state index is 11.8. The van der Waals surface area contributed by atoms with E-state index in [0.717, 1.165) is 12.8 Å². The van der Waals surface area contributed by atoms with Crippen LogP contribution in [0, 0.1) is 0 Å². The Bertz CT molecular complexity index is 310. The van der Waals surface area contributed by atoms with Crippen molar-refractivity contribution in [1.82, 2.24) is 10.1 Å². The molecule has 0 unspecified atom stereocenters. The Labute approximate surface area is 81.3 Å². The van der Waals surface area contributed by atoms with Gasteiger partial charge in [-0.2, -0.15) is 0 Å². The molecule has 76 valence electrons. The molecule has 0 saturated carbocycles. The monoisotopic (exact) mass is 196 g/mol. The zero-order valence-electron chi connectivity index (χ0n) is 7.72. The molecule has 0 aromatic carbocycles. The quantitative estimate of drug-likeness (QED) is 0.737. The molecule has 1 fully saturated rings. The molecule has 14 heavy (non-hydrogen) atoms. The number of hydrogen-bond acceptors (Lipinski definition) is 4. The second-order valence-corrected chi connectivity index (χ2v) is 3.36. The van der Waals surface area contributed by atoms with Crippen LogP contribution in [-0.4, -0.2) is 40.3 Å². The van der Waals surface area contributed by atoms with Crippen molar-refractivity contribution in [3.63, 3.8) is 0 Å². The number of carbonyl (C=O) groups excluding carboxylic acids is 1. The lowest BCUT2D eigenvalue weighted by atomic mass is 10.2. The summed E-state index contributed by atoms with van der Waals surface area (Å²) in [5, 5.41) is 12.6. The maximum atomic E-state index is 11.8. The van der Waals surface area contributed by atoms with Gasteiger partial charge in [0.2, 0.25) is 0 Å². The summed E-state index contributed by atoms with van der Waals surface area (Å²) >= 11 is 0. The first-order valence-electron chi connectivity index (χ1n) is 4.65. The minimum absolute atomic E-state index is 0.0175. The number of amides is 1.